The summed E-state index contributed by atoms with van der Waals surface area (Å²) in [6.07, 6.45) is 2.92. The predicted octanol–water partition coefficient (Wildman–Crippen LogP) is 4.46. The SMILES string of the molecule is O=C(O)CCCCc1csc2c(Br)cccc12. The Morgan fingerprint density at radius 3 is 2.94 bits per heavy atom. The van der Waals surface area contributed by atoms with Crippen LogP contribution in [0.1, 0.15) is 24.8 Å². The van der Waals surface area contributed by atoms with E-state index in [0.717, 1.165) is 23.7 Å². The van der Waals surface area contributed by atoms with Gasteiger partial charge in [-0.15, -0.1) is 11.3 Å². The average Bonchev–Trinajstić information content (AvgIpc) is 2.69. The van der Waals surface area contributed by atoms with Gasteiger partial charge in [0.15, 0.2) is 0 Å². The Kier molecular flexibility index (Phi) is 4.18. The Hall–Kier alpha value is -0.870. The fourth-order valence-electron chi connectivity index (χ4n) is 1.86. The molecule has 0 aliphatic rings. The first-order valence-corrected chi connectivity index (χ1v) is 7.22. The van der Waals surface area contributed by atoms with Gasteiger partial charge in [-0.2, -0.15) is 0 Å². The smallest absolute Gasteiger partial charge is 0.303 e. The van der Waals surface area contributed by atoms with Gasteiger partial charge in [0.2, 0.25) is 0 Å². The average molecular weight is 313 g/mol. The number of aryl methyl sites for hydroxylation is 1. The normalized spacial score (nSPS) is 10.9. The molecule has 90 valence electrons. The number of halogens is 1. The number of carboxylic acid groups (broad SMARTS) is 1. The summed E-state index contributed by atoms with van der Waals surface area (Å²) in [6, 6.07) is 6.22. The third-order valence-electron chi connectivity index (χ3n) is 2.72. The van der Waals surface area contributed by atoms with E-state index >= 15 is 0 Å². The molecule has 2 aromatic rings. The maximum atomic E-state index is 10.4. The second-order valence-corrected chi connectivity index (χ2v) is 5.71. The van der Waals surface area contributed by atoms with Crippen LogP contribution in [0.5, 0.6) is 0 Å². The van der Waals surface area contributed by atoms with E-state index in [2.05, 4.69) is 27.4 Å². The number of carboxylic acids is 1. The van der Waals surface area contributed by atoms with Crippen LogP contribution < -0.4 is 0 Å². The predicted molar refractivity (Wildman–Crippen MR) is 74.7 cm³/mol. The molecule has 0 aliphatic heterocycles. The molecule has 2 rings (SSSR count). The molecule has 0 aliphatic carbocycles. The van der Waals surface area contributed by atoms with E-state index in [1.54, 1.807) is 11.3 Å². The Morgan fingerprint density at radius 1 is 1.35 bits per heavy atom. The van der Waals surface area contributed by atoms with Gasteiger partial charge in [0.25, 0.3) is 0 Å². The Bertz CT molecular complexity index is 533. The molecule has 1 aromatic carbocycles. The first-order valence-electron chi connectivity index (χ1n) is 5.55. The first-order chi connectivity index (χ1) is 8.18. The van der Waals surface area contributed by atoms with Crippen molar-refractivity contribution in [3.05, 3.63) is 33.6 Å². The Labute approximate surface area is 112 Å². The zero-order valence-corrected chi connectivity index (χ0v) is 11.7. The van der Waals surface area contributed by atoms with E-state index < -0.39 is 5.97 Å². The Morgan fingerprint density at radius 2 is 2.18 bits per heavy atom. The van der Waals surface area contributed by atoms with Crippen LogP contribution in [0.25, 0.3) is 10.1 Å². The number of carbonyl (C=O) groups is 1. The quantitative estimate of drug-likeness (QED) is 0.827. The van der Waals surface area contributed by atoms with Gasteiger partial charge < -0.3 is 5.11 Å². The highest BCUT2D eigenvalue weighted by molar-refractivity contribution is 9.10. The van der Waals surface area contributed by atoms with Crippen molar-refractivity contribution in [3.8, 4) is 0 Å². The van der Waals surface area contributed by atoms with Crippen molar-refractivity contribution < 1.29 is 9.90 Å². The Balaban J connectivity index is 2.04. The zero-order chi connectivity index (χ0) is 12.3. The van der Waals surface area contributed by atoms with E-state index in [1.807, 2.05) is 12.1 Å². The minimum absolute atomic E-state index is 0.270. The van der Waals surface area contributed by atoms with E-state index in [0.29, 0.717) is 0 Å². The van der Waals surface area contributed by atoms with Crippen molar-refractivity contribution in [3.63, 3.8) is 0 Å². The third kappa shape index (κ3) is 3.07. The van der Waals surface area contributed by atoms with Crippen LogP contribution in [0.4, 0.5) is 0 Å². The molecule has 2 nitrogen and oxygen atoms in total. The maximum Gasteiger partial charge on any atom is 0.303 e. The molecule has 0 fully saturated rings. The number of thiophene rings is 1. The summed E-state index contributed by atoms with van der Waals surface area (Å²) in [5, 5.41) is 12.0. The van der Waals surface area contributed by atoms with Crippen molar-refractivity contribution in [2.24, 2.45) is 0 Å². The fraction of sp³-hybridized carbons (Fsp3) is 0.308. The molecule has 4 heteroatoms. The minimum Gasteiger partial charge on any atom is -0.481 e. The lowest BCUT2D eigenvalue weighted by Gasteiger charge is -1.99. The molecule has 0 unspecified atom stereocenters. The van der Waals surface area contributed by atoms with Crippen molar-refractivity contribution in [1.29, 1.82) is 0 Å². The molecule has 1 N–H and O–H groups in total. The maximum absolute atomic E-state index is 10.4. The largest absolute Gasteiger partial charge is 0.481 e. The number of hydrogen-bond donors (Lipinski definition) is 1. The summed E-state index contributed by atoms with van der Waals surface area (Å²) >= 11 is 5.29. The molecule has 0 amide bonds. The van der Waals surface area contributed by atoms with Crippen LogP contribution in [-0.2, 0) is 11.2 Å². The van der Waals surface area contributed by atoms with Crippen LogP contribution >= 0.6 is 27.3 Å². The lowest BCUT2D eigenvalue weighted by molar-refractivity contribution is -0.137. The molecule has 0 saturated carbocycles. The number of aliphatic carboxylic acids is 1. The van der Waals surface area contributed by atoms with Crippen molar-refractivity contribution >= 4 is 43.3 Å². The summed E-state index contributed by atoms with van der Waals surface area (Å²) in [7, 11) is 0. The number of unbranched alkanes of at least 4 members (excludes halogenated alkanes) is 1. The minimum atomic E-state index is -0.706. The summed E-state index contributed by atoms with van der Waals surface area (Å²) in [5.74, 6) is -0.706. The molecule has 0 saturated heterocycles. The highest BCUT2D eigenvalue weighted by atomic mass is 79.9. The van der Waals surface area contributed by atoms with Gasteiger partial charge in [-0.3, -0.25) is 4.79 Å². The van der Waals surface area contributed by atoms with Crippen molar-refractivity contribution in [1.82, 2.24) is 0 Å². The van der Waals surface area contributed by atoms with Crippen LogP contribution in [0, 0.1) is 0 Å². The van der Waals surface area contributed by atoms with Crippen LogP contribution in [0.15, 0.2) is 28.1 Å². The second-order valence-electron chi connectivity index (χ2n) is 3.98. The van der Waals surface area contributed by atoms with Gasteiger partial charge in [0.05, 0.1) is 0 Å². The van der Waals surface area contributed by atoms with Gasteiger partial charge in [-0.25, -0.2) is 0 Å². The standard InChI is InChI=1S/C13H13BrO2S/c14-11-6-3-5-10-9(8-17-13(10)11)4-1-2-7-12(15)16/h3,5-6,8H,1-2,4,7H2,(H,15,16). The summed E-state index contributed by atoms with van der Waals surface area (Å²) in [5.41, 5.74) is 1.33. The highest BCUT2D eigenvalue weighted by Gasteiger charge is 2.06. The third-order valence-corrected chi connectivity index (χ3v) is 4.72. The number of benzene rings is 1. The van der Waals surface area contributed by atoms with E-state index in [4.69, 9.17) is 5.11 Å². The molecule has 1 aromatic heterocycles. The first kappa shape index (κ1) is 12.6. The van der Waals surface area contributed by atoms with Gasteiger partial charge in [0, 0.05) is 15.6 Å². The number of rotatable bonds is 5. The van der Waals surface area contributed by atoms with Crippen molar-refractivity contribution in [2.45, 2.75) is 25.7 Å². The van der Waals surface area contributed by atoms with Crippen LogP contribution in [0.3, 0.4) is 0 Å². The topological polar surface area (TPSA) is 37.3 Å². The van der Waals surface area contributed by atoms with Gasteiger partial charge in [0.1, 0.15) is 0 Å². The van der Waals surface area contributed by atoms with E-state index in [9.17, 15) is 4.79 Å². The number of fused-ring (bicyclic) bond motifs is 1. The zero-order valence-electron chi connectivity index (χ0n) is 9.28. The van der Waals surface area contributed by atoms with Gasteiger partial charge in [-0.1, -0.05) is 12.1 Å². The molecule has 17 heavy (non-hydrogen) atoms. The van der Waals surface area contributed by atoms with E-state index in [-0.39, 0.29) is 6.42 Å². The number of hydrogen-bond acceptors (Lipinski definition) is 2. The molecule has 1 heterocycles. The lowest BCUT2D eigenvalue weighted by atomic mass is 10.1. The van der Waals surface area contributed by atoms with Gasteiger partial charge in [-0.05, 0) is 57.6 Å². The van der Waals surface area contributed by atoms with Crippen LogP contribution in [0.2, 0.25) is 0 Å². The van der Waals surface area contributed by atoms with Crippen LogP contribution in [-0.4, -0.2) is 11.1 Å². The molecular formula is C13H13BrO2S. The molecule has 0 spiro atoms. The molecule has 0 bridgehead atoms. The molecule has 0 radical (unpaired) electrons. The van der Waals surface area contributed by atoms with E-state index in [1.165, 1.54) is 15.6 Å². The molecule has 0 atom stereocenters. The summed E-state index contributed by atoms with van der Waals surface area (Å²) in [6.45, 7) is 0. The van der Waals surface area contributed by atoms with Gasteiger partial charge >= 0.3 is 5.97 Å². The summed E-state index contributed by atoms with van der Waals surface area (Å²) < 4.78 is 2.41. The fourth-order valence-corrected chi connectivity index (χ4v) is 3.52. The second kappa shape index (κ2) is 5.65. The monoisotopic (exact) mass is 312 g/mol. The summed E-state index contributed by atoms with van der Waals surface area (Å²) in [4.78, 5) is 10.4. The molecular weight excluding hydrogens is 300 g/mol. The lowest BCUT2D eigenvalue weighted by Crippen LogP contribution is -1.94. The highest BCUT2D eigenvalue weighted by Crippen LogP contribution is 2.32. The van der Waals surface area contributed by atoms with Crippen molar-refractivity contribution in [2.75, 3.05) is 0 Å².